The molecule has 1 aliphatic heterocycles. The third kappa shape index (κ3) is 3.96. The second kappa shape index (κ2) is 7.56. The van der Waals surface area contributed by atoms with Crippen LogP contribution in [-0.4, -0.2) is 30.0 Å². The van der Waals surface area contributed by atoms with E-state index in [-0.39, 0.29) is 17.9 Å². The Morgan fingerprint density at radius 3 is 2.41 bits per heavy atom. The van der Waals surface area contributed by atoms with Crippen molar-refractivity contribution in [2.24, 2.45) is 5.92 Å². The zero-order valence-electron chi connectivity index (χ0n) is 13.1. The van der Waals surface area contributed by atoms with E-state index >= 15 is 0 Å². The number of halogens is 2. The Morgan fingerprint density at radius 2 is 1.86 bits per heavy atom. The van der Waals surface area contributed by atoms with Crippen molar-refractivity contribution in [3.63, 3.8) is 0 Å². The fourth-order valence-corrected chi connectivity index (χ4v) is 2.83. The molecule has 0 spiro atoms. The Morgan fingerprint density at radius 1 is 1.23 bits per heavy atom. The highest BCUT2D eigenvalue weighted by molar-refractivity contribution is 5.78. The molecule has 0 aromatic heterocycles. The molecular formula is C17H23F2NO2. The molecule has 0 N–H and O–H groups in total. The smallest absolute Gasteiger partial charge is 0.225 e. The lowest BCUT2D eigenvalue weighted by Gasteiger charge is -2.34. The van der Waals surface area contributed by atoms with Crippen LogP contribution in [0.1, 0.15) is 39.5 Å². The Balaban J connectivity index is 1.86. The number of ether oxygens (including phenoxy) is 1. The van der Waals surface area contributed by atoms with Crippen molar-refractivity contribution in [2.45, 2.75) is 45.6 Å². The summed E-state index contributed by atoms with van der Waals surface area (Å²) in [4.78, 5) is 14.2. The molecule has 1 saturated heterocycles. The molecule has 0 unspecified atom stereocenters. The van der Waals surface area contributed by atoms with Crippen molar-refractivity contribution in [3.8, 4) is 5.75 Å². The molecule has 0 aliphatic carbocycles. The molecule has 122 valence electrons. The van der Waals surface area contributed by atoms with Crippen molar-refractivity contribution in [3.05, 3.63) is 29.8 Å². The largest absolute Gasteiger partial charge is 0.490 e. The number of amides is 1. The summed E-state index contributed by atoms with van der Waals surface area (Å²) in [5.74, 6) is -1.12. The molecule has 1 aromatic rings. The Kier molecular flexibility index (Phi) is 5.75. The van der Waals surface area contributed by atoms with Gasteiger partial charge in [-0.25, -0.2) is 8.78 Å². The Labute approximate surface area is 130 Å². The van der Waals surface area contributed by atoms with Gasteiger partial charge < -0.3 is 9.64 Å². The normalized spacial score (nSPS) is 16.1. The molecule has 2 rings (SSSR count). The van der Waals surface area contributed by atoms with Crippen molar-refractivity contribution in [2.75, 3.05) is 13.1 Å². The average molecular weight is 311 g/mol. The minimum Gasteiger partial charge on any atom is -0.490 e. The summed E-state index contributed by atoms with van der Waals surface area (Å²) < 4.78 is 31.7. The monoisotopic (exact) mass is 311 g/mol. The fourth-order valence-electron chi connectivity index (χ4n) is 2.83. The zero-order chi connectivity index (χ0) is 16.1. The second-order valence-electron chi connectivity index (χ2n) is 5.73. The number of nitrogens with zero attached hydrogens (tertiary/aromatic N) is 1. The first-order valence-corrected chi connectivity index (χ1v) is 7.95. The average Bonchev–Trinajstić information content (AvgIpc) is 2.53. The van der Waals surface area contributed by atoms with Crippen LogP contribution in [0.15, 0.2) is 18.2 Å². The number of benzene rings is 1. The van der Waals surface area contributed by atoms with Gasteiger partial charge in [0.25, 0.3) is 0 Å². The maximum Gasteiger partial charge on any atom is 0.225 e. The molecule has 3 nitrogen and oxygen atoms in total. The van der Waals surface area contributed by atoms with Crippen LogP contribution in [0.4, 0.5) is 8.78 Å². The number of rotatable bonds is 5. The van der Waals surface area contributed by atoms with Gasteiger partial charge in [0.05, 0.1) is 0 Å². The standard InChI is InChI=1S/C17H23F2NO2/c1-3-12(4-2)17(21)20-9-7-13(8-10-20)22-14-5-6-15(18)16(19)11-14/h5-6,11-13H,3-4,7-10H2,1-2H3. The summed E-state index contributed by atoms with van der Waals surface area (Å²) in [6.45, 7) is 5.38. The third-order valence-corrected chi connectivity index (χ3v) is 4.28. The van der Waals surface area contributed by atoms with Crippen molar-refractivity contribution in [1.29, 1.82) is 0 Å². The van der Waals surface area contributed by atoms with Crippen LogP contribution in [0, 0.1) is 17.6 Å². The van der Waals surface area contributed by atoms with Crippen LogP contribution in [0.2, 0.25) is 0 Å². The van der Waals surface area contributed by atoms with Crippen LogP contribution >= 0.6 is 0 Å². The van der Waals surface area contributed by atoms with Gasteiger partial charge in [-0.2, -0.15) is 0 Å². The van der Waals surface area contributed by atoms with Crippen LogP contribution in [-0.2, 0) is 4.79 Å². The summed E-state index contributed by atoms with van der Waals surface area (Å²) >= 11 is 0. The van der Waals surface area contributed by atoms with Gasteiger partial charge in [0, 0.05) is 37.9 Å². The fraction of sp³-hybridized carbons (Fsp3) is 0.588. The van der Waals surface area contributed by atoms with Crippen LogP contribution in [0.5, 0.6) is 5.75 Å². The first-order chi connectivity index (χ1) is 10.5. The van der Waals surface area contributed by atoms with Gasteiger partial charge in [-0.15, -0.1) is 0 Å². The number of likely N-dealkylation sites (tertiary alicyclic amines) is 1. The molecule has 0 bridgehead atoms. The van der Waals surface area contributed by atoms with Gasteiger partial charge in [0.2, 0.25) is 5.91 Å². The summed E-state index contributed by atoms with van der Waals surface area (Å²) in [6, 6.07) is 3.56. The van der Waals surface area contributed by atoms with Gasteiger partial charge in [-0.3, -0.25) is 4.79 Å². The lowest BCUT2D eigenvalue weighted by molar-refractivity contribution is -0.137. The minimum atomic E-state index is -0.904. The highest BCUT2D eigenvalue weighted by atomic mass is 19.2. The quantitative estimate of drug-likeness (QED) is 0.828. The summed E-state index contributed by atoms with van der Waals surface area (Å²) in [5, 5.41) is 0. The zero-order valence-corrected chi connectivity index (χ0v) is 13.1. The molecule has 1 aromatic carbocycles. The van der Waals surface area contributed by atoms with Gasteiger partial charge >= 0.3 is 0 Å². The first-order valence-electron chi connectivity index (χ1n) is 7.95. The molecule has 5 heteroatoms. The molecule has 22 heavy (non-hydrogen) atoms. The van der Waals surface area contributed by atoms with E-state index in [4.69, 9.17) is 4.74 Å². The van der Waals surface area contributed by atoms with Crippen LogP contribution < -0.4 is 4.74 Å². The summed E-state index contributed by atoms with van der Waals surface area (Å²) in [7, 11) is 0. The molecule has 1 amide bonds. The number of carbonyl (C=O) groups is 1. The van der Waals surface area contributed by atoms with E-state index in [9.17, 15) is 13.6 Å². The SMILES string of the molecule is CCC(CC)C(=O)N1CCC(Oc2ccc(F)c(F)c2)CC1. The third-order valence-electron chi connectivity index (χ3n) is 4.28. The van der Waals surface area contributed by atoms with Crippen LogP contribution in [0.3, 0.4) is 0 Å². The predicted molar refractivity (Wildman–Crippen MR) is 80.7 cm³/mol. The van der Waals surface area contributed by atoms with E-state index in [0.717, 1.165) is 25.0 Å². The lowest BCUT2D eigenvalue weighted by atomic mass is 9.99. The number of piperidine rings is 1. The number of hydrogen-bond donors (Lipinski definition) is 0. The van der Waals surface area contributed by atoms with E-state index in [0.29, 0.717) is 31.7 Å². The molecule has 1 heterocycles. The van der Waals surface area contributed by atoms with E-state index < -0.39 is 11.6 Å². The Bertz CT molecular complexity index is 509. The summed E-state index contributed by atoms with van der Waals surface area (Å²) in [5.41, 5.74) is 0. The first kappa shape index (κ1) is 16.7. The molecule has 1 aliphatic rings. The van der Waals surface area contributed by atoms with Gasteiger partial charge in [-0.1, -0.05) is 13.8 Å². The summed E-state index contributed by atoms with van der Waals surface area (Å²) in [6.07, 6.45) is 3.09. The van der Waals surface area contributed by atoms with Gasteiger partial charge in [0.15, 0.2) is 11.6 Å². The van der Waals surface area contributed by atoms with E-state index in [1.165, 1.54) is 6.07 Å². The van der Waals surface area contributed by atoms with Crippen LogP contribution in [0.25, 0.3) is 0 Å². The molecule has 1 fully saturated rings. The molecule has 0 saturated carbocycles. The lowest BCUT2D eigenvalue weighted by Crippen LogP contribution is -2.44. The van der Waals surface area contributed by atoms with Crippen molar-refractivity contribution < 1.29 is 18.3 Å². The highest BCUT2D eigenvalue weighted by Crippen LogP contribution is 2.22. The Hall–Kier alpha value is -1.65. The predicted octanol–water partition coefficient (Wildman–Crippen LogP) is 3.77. The van der Waals surface area contributed by atoms with Gasteiger partial charge in [0.1, 0.15) is 11.9 Å². The highest BCUT2D eigenvalue weighted by Gasteiger charge is 2.27. The number of carbonyl (C=O) groups excluding carboxylic acids is 1. The molecular weight excluding hydrogens is 288 g/mol. The topological polar surface area (TPSA) is 29.5 Å². The van der Waals surface area contributed by atoms with E-state index in [2.05, 4.69) is 0 Å². The van der Waals surface area contributed by atoms with E-state index in [1.54, 1.807) is 0 Å². The molecule has 0 radical (unpaired) electrons. The van der Waals surface area contributed by atoms with Crippen molar-refractivity contribution >= 4 is 5.91 Å². The molecule has 0 atom stereocenters. The number of hydrogen-bond acceptors (Lipinski definition) is 2. The minimum absolute atomic E-state index is 0.0596. The maximum atomic E-state index is 13.2. The van der Waals surface area contributed by atoms with E-state index in [1.807, 2.05) is 18.7 Å². The van der Waals surface area contributed by atoms with Crippen molar-refractivity contribution in [1.82, 2.24) is 4.90 Å². The van der Waals surface area contributed by atoms with Gasteiger partial charge in [-0.05, 0) is 25.0 Å². The second-order valence-corrected chi connectivity index (χ2v) is 5.73. The maximum absolute atomic E-state index is 13.2.